The number of hydrogen-bond acceptors (Lipinski definition) is 3. The van der Waals surface area contributed by atoms with Gasteiger partial charge in [-0.05, 0) is 42.6 Å². The zero-order valence-corrected chi connectivity index (χ0v) is 12.8. The van der Waals surface area contributed by atoms with Crippen LogP contribution in [0.1, 0.15) is 17.8 Å². The minimum atomic E-state index is -3.47. The molecule has 0 aliphatic carbocycles. The number of hydrogen-bond donors (Lipinski definition) is 1. The fourth-order valence-electron chi connectivity index (χ4n) is 1.51. The summed E-state index contributed by atoms with van der Waals surface area (Å²) >= 11 is 4.82. The van der Waals surface area contributed by atoms with E-state index in [4.69, 9.17) is 0 Å². The summed E-state index contributed by atoms with van der Waals surface area (Å²) in [6, 6.07) is 10.2. The third-order valence-electron chi connectivity index (χ3n) is 2.43. The normalized spacial score (nSPS) is 13.4. The topological polar surface area (TPSA) is 46.2 Å². The van der Waals surface area contributed by atoms with Crippen molar-refractivity contribution in [3.05, 3.63) is 51.1 Å². The minimum absolute atomic E-state index is 0.223. The van der Waals surface area contributed by atoms with E-state index in [0.29, 0.717) is 0 Å². The molecular weight excluding hydrogens is 334 g/mol. The first-order chi connectivity index (χ1) is 8.49. The van der Waals surface area contributed by atoms with Gasteiger partial charge in [0.25, 0.3) is 0 Å². The molecule has 18 heavy (non-hydrogen) atoms. The molecule has 0 aliphatic heterocycles. The van der Waals surface area contributed by atoms with E-state index < -0.39 is 10.0 Å². The van der Waals surface area contributed by atoms with Crippen LogP contribution in [0.15, 0.2) is 51.1 Å². The van der Waals surface area contributed by atoms with E-state index in [1.165, 1.54) is 11.3 Å². The van der Waals surface area contributed by atoms with Gasteiger partial charge in [-0.15, -0.1) is 11.3 Å². The Balaban J connectivity index is 2.20. The van der Waals surface area contributed by atoms with E-state index in [-0.39, 0.29) is 10.9 Å². The van der Waals surface area contributed by atoms with Crippen LogP contribution in [0.4, 0.5) is 0 Å². The summed E-state index contributed by atoms with van der Waals surface area (Å²) in [4.78, 5) is 1.27. The Bertz CT molecular complexity index is 606. The Kier molecular flexibility index (Phi) is 4.21. The summed E-state index contributed by atoms with van der Waals surface area (Å²) in [5.41, 5.74) is 0. The maximum Gasteiger partial charge on any atom is 0.241 e. The van der Waals surface area contributed by atoms with Crippen molar-refractivity contribution in [1.29, 1.82) is 0 Å². The Hall–Kier alpha value is -0.690. The van der Waals surface area contributed by atoms with Gasteiger partial charge < -0.3 is 0 Å². The number of benzene rings is 1. The fourth-order valence-corrected chi connectivity index (χ4v) is 3.81. The van der Waals surface area contributed by atoms with Crippen LogP contribution in [0.5, 0.6) is 0 Å². The fraction of sp³-hybridized carbons (Fsp3) is 0.167. The van der Waals surface area contributed by atoms with Gasteiger partial charge in [0.15, 0.2) is 0 Å². The molecule has 6 heteroatoms. The molecule has 0 saturated carbocycles. The third-order valence-corrected chi connectivity index (χ3v) is 5.57. The highest BCUT2D eigenvalue weighted by Crippen LogP contribution is 2.21. The maximum atomic E-state index is 12.1. The Morgan fingerprint density at radius 2 is 1.89 bits per heavy atom. The van der Waals surface area contributed by atoms with Gasteiger partial charge in [0.05, 0.1) is 10.9 Å². The quantitative estimate of drug-likeness (QED) is 0.920. The van der Waals surface area contributed by atoms with Gasteiger partial charge in [0.1, 0.15) is 0 Å². The first-order valence-corrected chi connectivity index (χ1v) is 8.46. The molecule has 1 heterocycles. The third kappa shape index (κ3) is 3.20. The summed E-state index contributed by atoms with van der Waals surface area (Å²) in [6.45, 7) is 1.84. The predicted molar refractivity (Wildman–Crippen MR) is 77.2 cm³/mol. The largest absolute Gasteiger partial charge is 0.241 e. The van der Waals surface area contributed by atoms with Crippen molar-refractivity contribution in [3.8, 4) is 0 Å². The van der Waals surface area contributed by atoms with Gasteiger partial charge >= 0.3 is 0 Å². The van der Waals surface area contributed by atoms with Crippen LogP contribution in [0, 0.1) is 0 Å². The van der Waals surface area contributed by atoms with Crippen LogP contribution >= 0.6 is 27.3 Å². The van der Waals surface area contributed by atoms with Gasteiger partial charge in [0.2, 0.25) is 10.0 Å². The van der Waals surface area contributed by atoms with E-state index in [0.717, 1.165) is 9.35 Å². The first-order valence-electron chi connectivity index (χ1n) is 5.30. The molecule has 2 rings (SSSR count). The molecule has 1 atom stereocenters. The van der Waals surface area contributed by atoms with Crippen LogP contribution in [-0.4, -0.2) is 8.42 Å². The summed E-state index contributed by atoms with van der Waals surface area (Å²) in [5.74, 6) is 0. The highest BCUT2D eigenvalue weighted by molar-refractivity contribution is 9.10. The zero-order valence-electron chi connectivity index (χ0n) is 9.63. The molecule has 0 amide bonds. The lowest BCUT2D eigenvalue weighted by Gasteiger charge is -2.12. The maximum absolute atomic E-state index is 12.1. The van der Waals surface area contributed by atoms with Gasteiger partial charge in [-0.1, -0.05) is 22.0 Å². The number of halogens is 1. The smallest absolute Gasteiger partial charge is 0.207 e. The highest BCUT2D eigenvalue weighted by atomic mass is 79.9. The van der Waals surface area contributed by atoms with E-state index in [1.54, 1.807) is 24.3 Å². The number of thiophene rings is 1. The number of sulfonamides is 1. The van der Waals surface area contributed by atoms with Crippen molar-refractivity contribution in [3.63, 3.8) is 0 Å². The summed E-state index contributed by atoms with van der Waals surface area (Å²) in [6.07, 6.45) is 0. The molecule has 0 spiro atoms. The average molecular weight is 346 g/mol. The molecule has 0 saturated heterocycles. The molecule has 1 N–H and O–H groups in total. The predicted octanol–water partition coefficient (Wildman–Crippen LogP) is 3.55. The molecule has 3 nitrogen and oxygen atoms in total. The molecule has 1 aromatic carbocycles. The lowest BCUT2D eigenvalue weighted by molar-refractivity contribution is 0.568. The van der Waals surface area contributed by atoms with Crippen LogP contribution in [-0.2, 0) is 10.0 Å². The summed E-state index contributed by atoms with van der Waals surface area (Å²) in [7, 11) is -3.47. The Morgan fingerprint density at radius 1 is 1.22 bits per heavy atom. The van der Waals surface area contributed by atoms with Gasteiger partial charge in [-0.25, -0.2) is 13.1 Å². The molecule has 1 unspecified atom stereocenters. The second-order valence-corrected chi connectivity index (χ2v) is 7.42. The summed E-state index contributed by atoms with van der Waals surface area (Å²) in [5, 5.41) is 1.93. The molecule has 0 radical (unpaired) electrons. The van der Waals surface area contributed by atoms with Crippen LogP contribution < -0.4 is 4.72 Å². The Labute approximate surface area is 119 Å². The zero-order chi connectivity index (χ0) is 13.2. The van der Waals surface area contributed by atoms with E-state index in [9.17, 15) is 8.42 Å². The van der Waals surface area contributed by atoms with Crippen molar-refractivity contribution < 1.29 is 8.42 Å². The first kappa shape index (κ1) is 13.7. The monoisotopic (exact) mass is 345 g/mol. The second kappa shape index (κ2) is 5.52. The van der Waals surface area contributed by atoms with Crippen molar-refractivity contribution in [1.82, 2.24) is 4.72 Å². The lowest BCUT2D eigenvalue weighted by Crippen LogP contribution is -2.26. The second-order valence-electron chi connectivity index (χ2n) is 3.81. The van der Waals surface area contributed by atoms with E-state index in [1.807, 2.05) is 24.4 Å². The molecule has 0 fully saturated rings. The molecule has 0 bridgehead atoms. The SMILES string of the molecule is CC(NS(=O)(=O)c1ccc(Br)cc1)c1cccs1. The molecule has 1 aromatic heterocycles. The van der Waals surface area contributed by atoms with Crippen molar-refractivity contribution in [2.45, 2.75) is 17.9 Å². The van der Waals surface area contributed by atoms with E-state index >= 15 is 0 Å². The van der Waals surface area contributed by atoms with Crippen LogP contribution in [0.25, 0.3) is 0 Å². The standard InChI is InChI=1S/C12H12BrNO2S2/c1-9(12-3-2-8-17-12)14-18(15,16)11-6-4-10(13)5-7-11/h2-9,14H,1H3. The Morgan fingerprint density at radius 3 is 2.44 bits per heavy atom. The molecule has 0 aliphatic rings. The van der Waals surface area contributed by atoms with Crippen molar-refractivity contribution in [2.24, 2.45) is 0 Å². The molecular formula is C12H12BrNO2S2. The van der Waals surface area contributed by atoms with Gasteiger partial charge in [0, 0.05) is 9.35 Å². The summed E-state index contributed by atoms with van der Waals surface area (Å²) < 4.78 is 27.8. The molecule has 96 valence electrons. The average Bonchev–Trinajstić information content (AvgIpc) is 2.82. The highest BCUT2D eigenvalue weighted by Gasteiger charge is 2.18. The van der Waals surface area contributed by atoms with Crippen LogP contribution in [0.2, 0.25) is 0 Å². The lowest BCUT2D eigenvalue weighted by atomic mass is 10.3. The van der Waals surface area contributed by atoms with E-state index in [2.05, 4.69) is 20.7 Å². The van der Waals surface area contributed by atoms with Crippen molar-refractivity contribution in [2.75, 3.05) is 0 Å². The molecule has 2 aromatic rings. The van der Waals surface area contributed by atoms with Crippen molar-refractivity contribution >= 4 is 37.3 Å². The van der Waals surface area contributed by atoms with Gasteiger partial charge in [-0.3, -0.25) is 0 Å². The van der Waals surface area contributed by atoms with Crippen LogP contribution in [0.3, 0.4) is 0 Å². The van der Waals surface area contributed by atoms with Gasteiger partial charge in [-0.2, -0.15) is 0 Å². The minimum Gasteiger partial charge on any atom is -0.207 e. The number of nitrogens with one attached hydrogen (secondary N) is 1. The number of rotatable bonds is 4.